The molecule has 4 heteroatoms. The summed E-state index contributed by atoms with van der Waals surface area (Å²) >= 11 is 1.97. The molecular weight excluding hydrogens is 707 g/mol. The van der Waals surface area contributed by atoms with Gasteiger partial charge < -0.3 is 9.47 Å². The molecule has 4 heterocycles. The monoisotopic (exact) mass is 764 g/mol. The molecule has 0 saturated heterocycles. The predicted molar refractivity (Wildman–Crippen MR) is 250 cm³/mol. The topological polar surface area (TPSA) is 8.17 Å². The summed E-state index contributed by atoms with van der Waals surface area (Å²) in [6.45, 7) is 29.4. The zero-order chi connectivity index (χ0) is 39.9. The van der Waals surface area contributed by atoms with E-state index >= 15 is 0 Å². The molecule has 11 rings (SSSR count). The molecule has 0 N–H and O–H groups in total. The van der Waals surface area contributed by atoms with Crippen LogP contribution in [0, 0.1) is 6.92 Å². The van der Waals surface area contributed by atoms with Crippen molar-refractivity contribution in [3.8, 4) is 5.69 Å². The zero-order valence-electron chi connectivity index (χ0n) is 36.2. The van der Waals surface area contributed by atoms with Crippen LogP contribution < -0.4 is 21.3 Å². The first-order valence-electron chi connectivity index (χ1n) is 21.6. The predicted octanol–water partition coefficient (Wildman–Crippen LogP) is 12.9. The van der Waals surface area contributed by atoms with Crippen molar-refractivity contribution in [3.05, 3.63) is 112 Å². The van der Waals surface area contributed by atoms with Crippen LogP contribution in [0.4, 0.5) is 17.1 Å². The summed E-state index contributed by atoms with van der Waals surface area (Å²) < 4.78 is 5.47. The Hall–Kier alpha value is -4.28. The van der Waals surface area contributed by atoms with Gasteiger partial charge in [-0.25, -0.2) is 0 Å². The van der Waals surface area contributed by atoms with Gasteiger partial charge in [0.1, 0.15) is 0 Å². The molecule has 0 unspecified atom stereocenters. The van der Waals surface area contributed by atoms with Crippen molar-refractivity contribution in [1.82, 2.24) is 4.57 Å². The number of aryl methyl sites for hydroxylation is 1. The van der Waals surface area contributed by atoms with Crippen molar-refractivity contribution < 1.29 is 0 Å². The Labute approximate surface area is 344 Å². The Morgan fingerprint density at radius 3 is 1.88 bits per heavy atom. The average molecular weight is 765 g/mol. The van der Waals surface area contributed by atoms with Gasteiger partial charge in [-0.1, -0.05) is 113 Å². The molecule has 57 heavy (non-hydrogen) atoms. The van der Waals surface area contributed by atoms with Crippen LogP contribution in [0.3, 0.4) is 0 Å². The Morgan fingerprint density at radius 2 is 1.19 bits per heavy atom. The van der Waals surface area contributed by atoms with Gasteiger partial charge in [0.05, 0.1) is 15.7 Å². The summed E-state index contributed by atoms with van der Waals surface area (Å²) in [7, 11) is 0. The molecule has 0 bridgehead atoms. The average Bonchev–Trinajstić information content (AvgIpc) is 3.68. The Bertz CT molecular complexity index is 2920. The molecule has 7 aromatic rings. The van der Waals surface area contributed by atoms with E-state index in [0.29, 0.717) is 0 Å². The van der Waals surface area contributed by atoms with Gasteiger partial charge in [-0.05, 0) is 152 Å². The van der Waals surface area contributed by atoms with Crippen LogP contribution in [-0.4, -0.2) is 11.3 Å². The fourth-order valence-corrected chi connectivity index (χ4v) is 12.8. The van der Waals surface area contributed by atoms with Crippen molar-refractivity contribution in [2.24, 2.45) is 0 Å². The molecule has 0 saturated carbocycles. The zero-order valence-corrected chi connectivity index (χ0v) is 37.0. The van der Waals surface area contributed by atoms with Crippen LogP contribution in [0.1, 0.15) is 135 Å². The van der Waals surface area contributed by atoms with Crippen LogP contribution in [0.5, 0.6) is 0 Å². The molecule has 2 aliphatic carbocycles. The van der Waals surface area contributed by atoms with Gasteiger partial charge in [-0.2, -0.15) is 0 Å². The van der Waals surface area contributed by atoms with E-state index < -0.39 is 0 Å². The van der Waals surface area contributed by atoms with Crippen LogP contribution in [-0.2, 0) is 27.1 Å². The van der Waals surface area contributed by atoms with Crippen molar-refractivity contribution in [3.63, 3.8) is 0 Å². The highest BCUT2D eigenvalue weighted by molar-refractivity contribution is 7.26. The smallest absolute Gasteiger partial charge is 0.252 e. The maximum absolute atomic E-state index is 2.70. The minimum atomic E-state index is 0.00128. The lowest BCUT2D eigenvalue weighted by atomic mass is 9.33. The van der Waals surface area contributed by atoms with E-state index in [9.17, 15) is 0 Å². The van der Waals surface area contributed by atoms with Crippen molar-refractivity contribution in [2.45, 2.75) is 136 Å². The number of hydrogen-bond acceptors (Lipinski definition) is 2. The minimum Gasteiger partial charge on any atom is -0.311 e. The third kappa shape index (κ3) is 4.77. The molecule has 0 spiro atoms. The van der Waals surface area contributed by atoms with Crippen LogP contribution in [0.2, 0.25) is 0 Å². The lowest BCUT2D eigenvalue weighted by molar-refractivity contribution is 0.332. The molecular formula is C53H57BN2S. The Balaban J connectivity index is 1.32. The van der Waals surface area contributed by atoms with Crippen molar-refractivity contribution in [1.29, 1.82) is 0 Å². The second kappa shape index (κ2) is 11.1. The van der Waals surface area contributed by atoms with Gasteiger partial charge in [0.15, 0.2) is 0 Å². The Kier molecular flexibility index (Phi) is 6.95. The highest BCUT2D eigenvalue weighted by atomic mass is 32.1. The third-order valence-electron chi connectivity index (χ3n) is 15.3. The molecule has 0 fully saturated rings. The summed E-state index contributed by atoms with van der Waals surface area (Å²) in [4.78, 5) is 2.70. The van der Waals surface area contributed by atoms with E-state index in [-0.39, 0.29) is 33.8 Å². The summed E-state index contributed by atoms with van der Waals surface area (Å²) in [6.07, 6.45) is 4.82. The summed E-state index contributed by atoms with van der Waals surface area (Å²) in [6, 6.07) is 32.2. The van der Waals surface area contributed by atoms with E-state index in [1.54, 1.807) is 5.56 Å². The first-order chi connectivity index (χ1) is 26.8. The van der Waals surface area contributed by atoms with Gasteiger partial charge in [0, 0.05) is 38.2 Å². The quantitative estimate of drug-likeness (QED) is 0.151. The number of hydrogen-bond donors (Lipinski definition) is 0. The number of benzene rings is 5. The maximum atomic E-state index is 2.70. The number of nitrogens with zero attached hydrogens (tertiary/aromatic N) is 2. The molecule has 0 amide bonds. The summed E-state index contributed by atoms with van der Waals surface area (Å²) in [5.74, 6) is 0. The lowest BCUT2D eigenvalue weighted by Crippen LogP contribution is -2.61. The number of aromatic nitrogens is 1. The molecule has 0 atom stereocenters. The van der Waals surface area contributed by atoms with Gasteiger partial charge in [-0.15, -0.1) is 11.3 Å². The normalized spacial score (nSPS) is 19.4. The summed E-state index contributed by atoms with van der Waals surface area (Å²) in [5.41, 5.74) is 21.8. The number of fused-ring (bicyclic) bond motifs is 11. The third-order valence-corrected chi connectivity index (χ3v) is 16.5. The highest BCUT2D eigenvalue weighted by Crippen LogP contribution is 2.52. The number of rotatable bonds is 1. The molecule has 0 radical (unpaired) electrons. The second-order valence-electron chi connectivity index (χ2n) is 22.0. The fourth-order valence-electron chi connectivity index (χ4n) is 11.6. The number of anilines is 3. The van der Waals surface area contributed by atoms with E-state index in [4.69, 9.17) is 0 Å². The molecule has 2 aliphatic heterocycles. The molecule has 288 valence electrons. The van der Waals surface area contributed by atoms with Gasteiger partial charge in [0.25, 0.3) is 6.71 Å². The number of thiophene rings is 1. The summed E-state index contributed by atoms with van der Waals surface area (Å²) in [5, 5.41) is 2.77. The van der Waals surface area contributed by atoms with Crippen LogP contribution in [0.15, 0.2) is 78.9 Å². The van der Waals surface area contributed by atoms with E-state index in [1.165, 1.54) is 124 Å². The molecule has 2 aromatic heterocycles. The van der Waals surface area contributed by atoms with Crippen LogP contribution in [0.25, 0.3) is 36.9 Å². The second-order valence-corrected chi connectivity index (χ2v) is 23.1. The molecule has 5 aromatic carbocycles. The Morgan fingerprint density at radius 1 is 0.579 bits per heavy atom. The first kappa shape index (κ1) is 35.9. The van der Waals surface area contributed by atoms with Gasteiger partial charge in [0.2, 0.25) is 0 Å². The van der Waals surface area contributed by atoms with Gasteiger partial charge >= 0.3 is 0 Å². The minimum absolute atomic E-state index is 0.00128. The SMILES string of the molecule is Cc1cc2c3c(c1)-n1c4c(cc(C(C)(C)C)cc4c4sc5ccccc5c41)B3c1cc3c(cc1N2c1ccc2c(c1)C(C)(C)CCC2(C)C)C(C)(C)CCC3(C)C. The molecule has 4 aliphatic rings. The van der Waals surface area contributed by atoms with Crippen molar-refractivity contribution >= 4 is 82.7 Å². The lowest BCUT2D eigenvalue weighted by Gasteiger charge is -2.47. The van der Waals surface area contributed by atoms with Crippen molar-refractivity contribution in [2.75, 3.05) is 4.90 Å². The highest BCUT2D eigenvalue weighted by Gasteiger charge is 2.47. The van der Waals surface area contributed by atoms with Crippen LogP contribution >= 0.6 is 11.3 Å². The maximum Gasteiger partial charge on any atom is 0.252 e. The van der Waals surface area contributed by atoms with E-state index in [0.717, 1.165) is 0 Å². The standard InChI is InChI=1S/C53H57BN2S/c1-30-23-42-45-43(24-30)56-46-34(48-47(56)33-15-13-14-16-44(33)57-48)25-31(49(2,3)4)26-40(46)54(45)39-28-37-38(53(11,12)22-21-52(37,9)10)29-41(39)55(42)32-17-18-35-36(27-32)51(7,8)20-19-50(35,5)6/h13-18,23-29H,19-22H2,1-12H3. The molecule has 2 nitrogen and oxygen atoms in total. The fraction of sp³-hybridized carbons (Fsp3) is 0.396. The first-order valence-corrected chi connectivity index (χ1v) is 22.4. The van der Waals surface area contributed by atoms with Gasteiger partial charge in [-0.3, -0.25) is 0 Å². The van der Waals surface area contributed by atoms with E-state index in [1.807, 2.05) is 11.3 Å². The van der Waals surface area contributed by atoms with E-state index in [2.05, 4.69) is 171 Å². The largest absolute Gasteiger partial charge is 0.311 e.